The maximum absolute atomic E-state index is 9.64. The number of aromatic nitrogens is 1. The van der Waals surface area contributed by atoms with Gasteiger partial charge in [0.15, 0.2) is 0 Å². The predicted molar refractivity (Wildman–Crippen MR) is 61.2 cm³/mol. The standard InChI is InChI=1S/C11H13NO2S/c1-14-7-8(13)6-10-9-3-5-15-11(9)2-4-12-10/h2-5,8,13H,6-7H2,1H3. The van der Waals surface area contributed by atoms with E-state index in [0.717, 1.165) is 11.1 Å². The van der Waals surface area contributed by atoms with Gasteiger partial charge in [0.2, 0.25) is 0 Å². The molecule has 4 heteroatoms. The summed E-state index contributed by atoms with van der Waals surface area (Å²) < 4.78 is 6.11. The second kappa shape index (κ2) is 4.70. The van der Waals surface area contributed by atoms with Gasteiger partial charge in [0.25, 0.3) is 0 Å². The minimum absolute atomic E-state index is 0.349. The number of thiophene rings is 1. The highest BCUT2D eigenvalue weighted by Gasteiger charge is 2.09. The number of nitrogens with zero attached hydrogens (tertiary/aromatic N) is 1. The molecule has 0 fully saturated rings. The first kappa shape index (κ1) is 10.5. The lowest BCUT2D eigenvalue weighted by Crippen LogP contribution is -2.17. The molecule has 0 bridgehead atoms. The van der Waals surface area contributed by atoms with E-state index in [4.69, 9.17) is 4.74 Å². The normalized spacial score (nSPS) is 13.2. The van der Waals surface area contributed by atoms with Crippen LogP contribution in [0.3, 0.4) is 0 Å². The van der Waals surface area contributed by atoms with E-state index in [1.165, 1.54) is 4.70 Å². The zero-order valence-electron chi connectivity index (χ0n) is 8.51. The van der Waals surface area contributed by atoms with E-state index < -0.39 is 6.10 Å². The Morgan fingerprint density at radius 1 is 1.53 bits per heavy atom. The van der Waals surface area contributed by atoms with Gasteiger partial charge in [0, 0.05) is 29.8 Å². The van der Waals surface area contributed by atoms with Gasteiger partial charge in [-0.3, -0.25) is 4.98 Å². The third-order valence-corrected chi connectivity index (χ3v) is 3.13. The molecule has 0 radical (unpaired) electrons. The summed E-state index contributed by atoms with van der Waals surface area (Å²) in [5.41, 5.74) is 0.943. The first-order valence-electron chi connectivity index (χ1n) is 4.79. The van der Waals surface area contributed by atoms with Crippen molar-refractivity contribution in [2.45, 2.75) is 12.5 Å². The number of hydrogen-bond acceptors (Lipinski definition) is 4. The van der Waals surface area contributed by atoms with E-state index in [2.05, 4.69) is 4.98 Å². The van der Waals surface area contributed by atoms with E-state index in [1.54, 1.807) is 24.6 Å². The number of aliphatic hydroxyl groups is 1. The Morgan fingerprint density at radius 2 is 2.40 bits per heavy atom. The highest BCUT2D eigenvalue weighted by molar-refractivity contribution is 7.17. The zero-order valence-corrected chi connectivity index (χ0v) is 9.33. The van der Waals surface area contributed by atoms with Gasteiger partial charge in [-0.25, -0.2) is 0 Å². The van der Waals surface area contributed by atoms with Crippen LogP contribution in [-0.4, -0.2) is 29.9 Å². The molecule has 0 amide bonds. The molecule has 3 nitrogen and oxygen atoms in total. The summed E-state index contributed by atoms with van der Waals surface area (Å²) in [6.07, 6.45) is 1.85. The molecule has 0 aliphatic rings. The Morgan fingerprint density at radius 3 is 3.20 bits per heavy atom. The summed E-state index contributed by atoms with van der Waals surface area (Å²) in [5, 5.41) is 12.8. The van der Waals surface area contributed by atoms with Gasteiger partial charge >= 0.3 is 0 Å². The summed E-state index contributed by atoms with van der Waals surface area (Å²) in [4.78, 5) is 4.29. The monoisotopic (exact) mass is 223 g/mol. The molecule has 0 saturated carbocycles. The van der Waals surface area contributed by atoms with Crippen LogP contribution in [0.2, 0.25) is 0 Å². The molecule has 1 N–H and O–H groups in total. The highest BCUT2D eigenvalue weighted by atomic mass is 32.1. The van der Waals surface area contributed by atoms with Gasteiger partial charge in [0.1, 0.15) is 0 Å². The van der Waals surface area contributed by atoms with Gasteiger partial charge in [0.05, 0.1) is 18.4 Å². The lowest BCUT2D eigenvalue weighted by molar-refractivity contribution is 0.0647. The van der Waals surface area contributed by atoms with Crippen molar-refractivity contribution in [1.82, 2.24) is 4.98 Å². The Labute approximate surface area is 92.3 Å². The first-order chi connectivity index (χ1) is 7.31. The van der Waals surface area contributed by atoms with Gasteiger partial charge in [-0.1, -0.05) is 0 Å². The minimum atomic E-state index is -0.479. The van der Waals surface area contributed by atoms with Gasteiger partial charge in [-0.2, -0.15) is 0 Å². The van der Waals surface area contributed by atoms with Crippen molar-refractivity contribution in [3.63, 3.8) is 0 Å². The summed E-state index contributed by atoms with van der Waals surface area (Å²) >= 11 is 1.69. The predicted octanol–water partition coefficient (Wildman–Crippen LogP) is 1.85. The average molecular weight is 223 g/mol. The van der Waals surface area contributed by atoms with E-state index >= 15 is 0 Å². The van der Waals surface area contributed by atoms with Crippen LogP contribution in [-0.2, 0) is 11.2 Å². The zero-order chi connectivity index (χ0) is 10.7. The number of pyridine rings is 1. The SMILES string of the molecule is COCC(O)Cc1nccc2sccc12. The van der Waals surface area contributed by atoms with E-state index in [9.17, 15) is 5.11 Å². The molecule has 0 aliphatic carbocycles. The number of methoxy groups -OCH3 is 1. The molecule has 2 aromatic heterocycles. The van der Waals surface area contributed by atoms with E-state index in [1.807, 2.05) is 17.5 Å². The van der Waals surface area contributed by atoms with Crippen molar-refractivity contribution in [1.29, 1.82) is 0 Å². The largest absolute Gasteiger partial charge is 0.390 e. The molecular weight excluding hydrogens is 210 g/mol. The number of ether oxygens (including phenoxy) is 1. The van der Waals surface area contributed by atoms with Crippen LogP contribution in [0, 0.1) is 0 Å². The number of rotatable bonds is 4. The summed E-state index contributed by atoms with van der Waals surface area (Å²) in [6, 6.07) is 4.04. The van der Waals surface area contributed by atoms with Crippen molar-refractivity contribution in [3.05, 3.63) is 29.4 Å². The van der Waals surface area contributed by atoms with Gasteiger partial charge in [-0.15, -0.1) is 11.3 Å². The fourth-order valence-electron chi connectivity index (χ4n) is 1.59. The lowest BCUT2D eigenvalue weighted by Gasteiger charge is -2.09. The molecule has 2 aromatic rings. The molecule has 0 saturated heterocycles. The molecule has 2 heterocycles. The quantitative estimate of drug-likeness (QED) is 0.860. The van der Waals surface area contributed by atoms with Crippen molar-refractivity contribution >= 4 is 21.4 Å². The van der Waals surface area contributed by atoms with Crippen LogP contribution < -0.4 is 0 Å². The Hall–Kier alpha value is -0.970. The lowest BCUT2D eigenvalue weighted by atomic mass is 10.1. The molecule has 0 aromatic carbocycles. The maximum Gasteiger partial charge on any atom is 0.0829 e. The minimum Gasteiger partial charge on any atom is -0.390 e. The Bertz CT molecular complexity index is 441. The van der Waals surface area contributed by atoms with Crippen molar-refractivity contribution in [3.8, 4) is 0 Å². The van der Waals surface area contributed by atoms with E-state index in [-0.39, 0.29) is 0 Å². The molecule has 0 spiro atoms. The molecule has 15 heavy (non-hydrogen) atoms. The van der Waals surface area contributed by atoms with Crippen LogP contribution in [0.1, 0.15) is 5.69 Å². The van der Waals surface area contributed by atoms with Crippen LogP contribution in [0.4, 0.5) is 0 Å². The highest BCUT2D eigenvalue weighted by Crippen LogP contribution is 2.23. The molecule has 0 aliphatic heterocycles. The van der Waals surface area contributed by atoms with Crippen molar-refractivity contribution < 1.29 is 9.84 Å². The fraction of sp³-hybridized carbons (Fsp3) is 0.364. The topological polar surface area (TPSA) is 42.4 Å². The molecular formula is C11H13NO2S. The molecule has 1 atom stereocenters. The fourth-order valence-corrected chi connectivity index (χ4v) is 2.39. The summed E-state index contributed by atoms with van der Waals surface area (Å²) in [6.45, 7) is 0.349. The molecule has 80 valence electrons. The summed E-state index contributed by atoms with van der Waals surface area (Å²) in [7, 11) is 1.59. The average Bonchev–Trinajstić information content (AvgIpc) is 2.67. The Kier molecular flexibility index (Phi) is 3.30. The molecule has 2 rings (SSSR count). The molecule has 1 unspecified atom stereocenters. The third kappa shape index (κ3) is 2.34. The Balaban J connectivity index is 2.23. The van der Waals surface area contributed by atoms with Crippen LogP contribution >= 0.6 is 11.3 Å². The maximum atomic E-state index is 9.64. The second-order valence-electron chi connectivity index (χ2n) is 3.40. The second-order valence-corrected chi connectivity index (χ2v) is 4.35. The van der Waals surface area contributed by atoms with Crippen molar-refractivity contribution in [2.24, 2.45) is 0 Å². The first-order valence-corrected chi connectivity index (χ1v) is 5.67. The summed E-state index contributed by atoms with van der Waals surface area (Å²) in [5.74, 6) is 0. The van der Waals surface area contributed by atoms with Crippen LogP contribution in [0.25, 0.3) is 10.1 Å². The van der Waals surface area contributed by atoms with E-state index in [0.29, 0.717) is 13.0 Å². The third-order valence-electron chi connectivity index (χ3n) is 2.25. The number of aliphatic hydroxyl groups excluding tert-OH is 1. The number of fused-ring (bicyclic) bond motifs is 1. The number of hydrogen-bond donors (Lipinski definition) is 1. The van der Waals surface area contributed by atoms with Gasteiger partial charge in [-0.05, 0) is 17.5 Å². The van der Waals surface area contributed by atoms with Crippen LogP contribution in [0.15, 0.2) is 23.7 Å². The van der Waals surface area contributed by atoms with Gasteiger partial charge < -0.3 is 9.84 Å². The van der Waals surface area contributed by atoms with Crippen LogP contribution in [0.5, 0.6) is 0 Å². The smallest absolute Gasteiger partial charge is 0.0829 e. The van der Waals surface area contributed by atoms with Crippen molar-refractivity contribution in [2.75, 3.05) is 13.7 Å².